The predicted octanol–water partition coefficient (Wildman–Crippen LogP) is 3.65. The molecular weight excluding hydrogens is 539 g/mol. The lowest BCUT2D eigenvalue weighted by Crippen LogP contribution is -2.52. The minimum absolute atomic E-state index is 0.0673. The number of fused-ring (bicyclic) bond motifs is 1. The quantitative estimate of drug-likeness (QED) is 0.263. The zero-order chi connectivity index (χ0) is 29.1. The van der Waals surface area contributed by atoms with Crippen molar-refractivity contribution in [2.75, 3.05) is 5.32 Å². The van der Waals surface area contributed by atoms with Gasteiger partial charge in [0.2, 0.25) is 6.17 Å². The molecule has 11 nitrogen and oxygen atoms in total. The molecule has 4 aromatic rings. The molecule has 12 heteroatoms. The van der Waals surface area contributed by atoms with Crippen molar-refractivity contribution in [1.82, 2.24) is 31.1 Å². The fraction of sp³-hybridized carbons (Fsp3) is 0.167. The first-order valence-electron chi connectivity index (χ1n) is 13.3. The van der Waals surface area contributed by atoms with Crippen molar-refractivity contribution in [3.8, 4) is 11.1 Å². The molecule has 1 aliphatic heterocycles. The van der Waals surface area contributed by atoms with Gasteiger partial charge in [0.1, 0.15) is 18.2 Å². The first kappa shape index (κ1) is 26.7. The van der Waals surface area contributed by atoms with Gasteiger partial charge >= 0.3 is 6.03 Å². The smallest absolute Gasteiger partial charge is 0.322 e. The number of aliphatic imine (C=N–C) groups is 1. The Morgan fingerprint density at radius 3 is 2.36 bits per heavy atom. The lowest BCUT2D eigenvalue weighted by molar-refractivity contribution is -0.117. The van der Waals surface area contributed by atoms with Crippen LogP contribution in [0.1, 0.15) is 51.8 Å². The highest BCUT2D eigenvalue weighted by Crippen LogP contribution is 2.38. The number of carbonyl (C=O) groups is 3. The van der Waals surface area contributed by atoms with Crippen molar-refractivity contribution in [2.24, 2.45) is 4.99 Å². The van der Waals surface area contributed by atoms with E-state index in [1.54, 1.807) is 24.5 Å². The van der Waals surface area contributed by atoms with E-state index in [-0.39, 0.29) is 11.3 Å². The van der Waals surface area contributed by atoms with E-state index in [0.29, 0.717) is 34.0 Å². The number of carbonyl (C=O) groups excluding carboxylic acids is 3. The van der Waals surface area contributed by atoms with Crippen LogP contribution < -0.4 is 21.5 Å². The summed E-state index contributed by atoms with van der Waals surface area (Å²) in [6.07, 6.45) is 5.15. The van der Waals surface area contributed by atoms with Gasteiger partial charge < -0.3 is 10.6 Å². The minimum atomic E-state index is -1.30. The molecule has 210 valence electrons. The molecule has 2 aliphatic rings. The van der Waals surface area contributed by atoms with E-state index in [4.69, 9.17) is 0 Å². The zero-order valence-electron chi connectivity index (χ0n) is 22.2. The molecular formula is C30H25FN8O3. The van der Waals surface area contributed by atoms with Crippen molar-refractivity contribution >= 4 is 29.2 Å². The van der Waals surface area contributed by atoms with Crippen molar-refractivity contribution in [3.63, 3.8) is 0 Å². The maximum Gasteiger partial charge on any atom is 0.335 e. The summed E-state index contributed by atoms with van der Waals surface area (Å²) in [4.78, 5) is 56.3. The Morgan fingerprint density at radius 2 is 1.62 bits per heavy atom. The number of hydrazine groups is 1. The highest BCUT2D eigenvalue weighted by atomic mass is 19.1. The van der Waals surface area contributed by atoms with E-state index in [2.05, 4.69) is 41.4 Å². The summed E-state index contributed by atoms with van der Waals surface area (Å²) in [7, 11) is 0. The van der Waals surface area contributed by atoms with Crippen LogP contribution in [0.4, 0.5) is 14.9 Å². The lowest BCUT2D eigenvalue weighted by atomic mass is 10.0. The van der Waals surface area contributed by atoms with Crippen LogP contribution in [-0.2, 0) is 11.5 Å². The molecule has 0 radical (unpaired) electrons. The molecule has 4 N–H and O–H groups in total. The number of para-hydroxylation sites is 1. The molecule has 42 heavy (non-hydrogen) atoms. The minimum Gasteiger partial charge on any atom is -0.322 e. The summed E-state index contributed by atoms with van der Waals surface area (Å²) in [5.41, 5.74) is 8.03. The van der Waals surface area contributed by atoms with Crippen molar-refractivity contribution < 1.29 is 18.8 Å². The van der Waals surface area contributed by atoms with Gasteiger partial charge in [-0.05, 0) is 25.0 Å². The second kappa shape index (κ2) is 11.5. The van der Waals surface area contributed by atoms with Crippen LogP contribution in [-0.4, -0.2) is 44.7 Å². The number of nitrogens with one attached hydrogen (secondary N) is 4. The molecule has 0 bridgehead atoms. The highest BCUT2D eigenvalue weighted by Gasteiger charge is 2.28. The topological polar surface area (TPSA) is 150 Å². The third-order valence-corrected chi connectivity index (χ3v) is 6.79. The summed E-state index contributed by atoms with van der Waals surface area (Å²) in [5, 5.41) is 5.27. The first-order valence-corrected chi connectivity index (χ1v) is 13.3. The molecule has 1 aliphatic carbocycles. The van der Waals surface area contributed by atoms with Crippen LogP contribution in [0.5, 0.6) is 0 Å². The third kappa shape index (κ3) is 5.68. The fourth-order valence-corrected chi connectivity index (χ4v) is 4.53. The summed E-state index contributed by atoms with van der Waals surface area (Å²) in [5.74, 6) is -0.252. The molecule has 4 amide bonds. The maximum atomic E-state index is 13.4. The molecule has 2 aromatic carbocycles. The van der Waals surface area contributed by atoms with E-state index < -0.39 is 30.7 Å². The summed E-state index contributed by atoms with van der Waals surface area (Å²) >= 11 is 0. The number of amides is 4. The number of rotatable bonds is 6. The number of alkyl halides is 1. The fourth-order valence-electron chi connectivity index (χ4n) is 4.53. The van der Waals surface area contributed by atoms with Crippen LogP contribution in [0, 0.1) is 0 Å². The zero-order valence-corrected chi connectivity index (χ0v) is 22.2. The van der Waals surface area contributed by atoms with Crippen molar-refractivity contribution in [1.29, 1.82) is 0 Å². The SMILES string of the molecule is O=C(NNC(=O)c1ncc(CF)cc1-c1cnc(C2CC2)nc1)N[C@H]1N=C(c2ccccc2)c2ccccc2NC1=O. The summed E-state index contributed by atoms with van der Waals surface area (Å²) in [6.45, 7) is -0.775. The number of hydrogen-bond acceptors (Lipinski definition) is 7. The number of pyridine rings is 1. The van der Waals surface area contributed by atoms with Gasteiger partial charge in [0.25, 0.3) is 11.8 Å². The first-order chi connectivity index (χ1) is 20.5. The number of aromatic nitrogens is 3. The molecule has 0 spiro atoms. The van der Waals surface area contributed by atoms with Gasteiger partial charge in [-0.2, -0.15) is 0 Å². The monoisotopic (exact) mass is 564 g/mol. The number of anilines is 1. The molecule has 0 unspecified atom stereocenters. The normalized spacial score (nSPS) is 15.9. The molecule has 1 saturated carbocycles. The van der Waals surface area contributed by atoms with Gasteiger partial charge in [-0.3, -0.25) is 15.0 Å². The Balaban J connectivity index is 1.18. The summed E-state index contributed by atoms with van der Waals surface area (Å²) in [6, 6.07) is 17.1. The molecule has 6 rings (SSSR count). The molecule has 0 saturated heterocycles. The Kier molecular flexibility index (Phi) is 7.33. The van der Waals surface area contributed by atoms with Gasteiger partial charge in [-0.15, -0.1) is 0 Å². The Hall–Kier alpha value is -5.52. The number of benzene rings is 2. The van der Waals surface area contributed by atoms with Gasteiger partial charge in [-0.25, -0.2) is 34.6 Å². The molecule has 1 atom stereocenters. The third-order valence-electron chi connectivity index (χ3n) is 6.79. The van der Waals surface area contributed by atoms with Crippen LogP contribution in [0.15, 0.2) is 84.2 Å². The summed E-state index contributed by atoms with van der Waals surface area (Å²) < 4.78 is 13.4. The van der Waals surface area contributed by atoms with Gasteiger partial charge in [-0.1, -0.05) is 48.5 Å². The predicted molar refractivity (Wildman–Crippen MR) is 152 cm³/mol. The van der Waals surface area contributed by atoms with Gasteiger partial charge in [0.05, 0.1) is 11.4 Å². The number of halogens is 1. The second-order valence-corrected chi connectivity index (χ2v) is 9.81. The number of hydrogen-bond donors (Lipinski definition) is 4. The number of nitrogens with zero attached hydrogens (tertiary/aromatic N) is 4. The lowest BCUT2D eigenvalue weighted by Gasteiger charge is -2.15. The maximum absolute atomic E-state index is 13.4. The van der Waals surface area contributed by atoms with E-state index >= 15 is 0 Å². The molecule has 3 heterocycles. The second-order valence-electron chi connectivity index (χ2n) is 9.81. The van der Waals surface area contributed by atoms with Crippen molar-refractivity contribution in [2.45, 2.75) is 31.6 Å². The van der Waals surface area contributed by atoms with E-state index in [9.17, 15) is 18.8 Å². The largest absolute Gasteiger partial charge is 0.335 e. The van der Waals surface area contributed by atoms with Crippen LogP contribution in [0.3, 0.4) is 0 Å². The van der Waals surface area contributed by atoms with Gasteiger partial charge in [0.15, 0.2) is 0 Å². The van der Waals surface area contributed by atoms with Crippen molar-refractivity contribution in [3.05, 3.63) is 107 Å². The van der Waals surface area contributed by atoms with Crippen LogP contribution in [0.25, 0.3) is 11.1 Å². The Bertz CT molecular complexity index is 1690. The number of benzodiazepines with no additional fused rings is 1. The van der Waals surface area contributed by atoms with Crippen LogP contribution in [0.2, 0.25) is 0 Å². The standard InChI is InChI=1S/C30H25FN8O3/c31-13-17-12-22(20-15-33-26(34-16-20)19-10-11-19)25(32-14-17)28(40)38-39-30(42)37-27-29(41)35-23-9-5-4-8-21(23)24(36-27)18-6-2-1-3-7-18/h1-9,12,14-16,19,27H,10-11,13H2,(H,35,41)(H,38,40)(H2,37,39,42)/t27-/m1/s1. The molecule has 2 aromatic heterocycles. The van der Waals surface area contributed by atoms with Gasteiger partial charge in [0, 0.05) is 52.3 Å². The highest BCUT2D eigenvalue weighted by molar-refractivity contribution is 6.19. The molecule has 1 fully saturated rings. The Morgan fingerprint density at radius 1 is 0.881 bits per heavy atom. The number of urea groups is 1. The van der Waals surface area contributed by atoms with E-state index in [1.807, 2.05) is 42.5 Å². The average molecular weight is 565 g/mol. The Labute approximate surface area is 239 Å². The van der Waals surface area contributed by atoms with E-state index in [0.717, 1.165) is 24.2 Å². The average Bonchev–Trinajstić information content (AvgIpc) is 3.89. The van der Waals surface area contributed by atoms with Crippen LogP contribution >= 0.6 is 0 Å². The van der Waals surface area contributed by atoms with E-state index in [1.165, 1.54) is 12.3 Å².